The summed E-state index contributed by atoms with van der Waals surface area (Å²) in [7, 11) is 2.04. The van der Waals surface area contributed by atoms with Gasteiger partial charge in [-0.05, 0) is 61.7 Å². The Balaban J connectivity index is 1.66. The van der Waals surface area contributed by atoms with Crippen molar-refractivity contribution >= 4 is 62.4 Å². The van der Waals surface area contributed by atoms with E-state index in [1.807, 2.05) is 11.9 Å². The van der Waals surface area contributed by atoms with Gasteiger partial charge >= 0.3 is 0 Å². The number of hydrogen-bond donors (Lipinski definition) is 2. The summed E-state index contributed by atoms with van der Waals surface area (Å²) in [6.45, 7) is 3.05. The van der Waals surface area contributed by atoms with E-state index in [0.29, 0.717) is 34.9 Å². The fourth-order valence-corrected chi connectivity index (χ4v) is 3.51. The molecule has 0 radical (unpaired) electrons. The summed E-state index contributed by atoms with van der Waals surface area (Å²) in [6.07, 6.45) is 0. The standard InChI is InChI=1S/C20H20BrClN4O2S/c1-25-8-10-26(11-9-25)19(28)14-4-7-16(22)17(12-14)23-20(29)24-18(27)13-2-5-15(21)6-3-13/h2-7,12H,8-11H2,1H3,(H2,23,24,27,29). The van der Waals surface area contributed by atoms with Crippen LogP contribution in [0.15, 0.2) is 46.9 Å². The van der Waals surface area contributed by atoms with Crippen molar-refractivity contribution in [2.75, 3.05) is 38.5 Å². The second kappa shape index (κ2) is 9.67. The largest absolute Gasteiger partial charge is 0.336 e. The zero-order valence-corrected chi connectivity index (χ0v) is 18.9. The third-order valence-corrected chi connectivity index (χ3v) is 5.65. The second-order valence-corrected chi connectivity index (χ2v) is 8.44. The molecule has 0 saturated carbocycles. The lowest BCUT2D eigenvalue weighted by Gasteiger charge is -2.32. The van der Waals surface area contributed by atoms with Gasteiger partial charge in [-0.2, -0.15) is 0 Å². The third-order valence-electron chi connectivity index (χ3n) is 4.59. The van der Waals surface area contributed by atoms with E-state index in [1.54, 1.807) is 42.5 Å². The van der Waals surface area contributed by atoms with Crippen LogP contribution in [0.25, 0.3) is 0 Å². The monoisotopic (exact) mass is 494 g/mol. The molecule has 6 nitrogen and oxygen atoms in total. The van der Waals surface area contributed by atoms with Crippen molar-refractivity contribution in [1.29, 1.82) is 0 Å². The molecule has 1 saturated heterocycles. The molecule has 9 heteroatoms. The normalized spacial score (nSPS) is 14.4. The van der Waals surface area contributed by atoms with Crippen LogP contribution in [0.2, 0.25) is 5.02 Å². The van der Waals surface area contributed by atoms with Crippen molar-refractivity contribution < 1.29 is 9.59 Å². The highest BCUT2D eigenvalue weighted by Crippen LogP contribution is 2.24. The SMILES string of the molecule is CN1CCN(C(=O)c2ccc(Cl)c(NC(=S)NC(=O)c3ccc(Br)cc3)c2)CC1. The van der Waals surface area contributed by atoms with Crippen LogP contribution < -0.4 is 10.6 Å². The predicted molar refractivity (Wildman–Crippen MR) is 123 cm³/mol. The van der Waals surface area contributed by atoms with Crippen molar-refractivity contribution in [3.63, 3.8) is 0 Å². The Kier molecular flexibility index (Phi) is 7.23. The van der Waals surface area contributed by atoms with E-state index in [0.717, 1.165) is 17.6 Å². The van der Waals surface area contributed by atoms with Crippen molar-refractivity contribution in [1.82, 2.24) is 15.1 Å². The minimum atomic E-state index is -0.337. The molecule has 1 fully saturated rings. The van der Waals surface area contributed by atoms with Crippen LogP contribution in [-0.2, 0) is 0 Å². The number of amides is 2. The first-order valence-electron chi connectivity index (χ1n) is 8.99. The molecule has 0 aliphatic carbocycles. The van der Waals surface area contributed by atoms with Gasteiger partial charge in [0.25, 0.3) is 11.8 Å². The van der Waals surface area contributed by atoms with Gasteiger partial charge in [-0.25, -0.2) is 0 Å². The van der Waals surface area contributed by atoms with E-state index in [4.69, 9.17) is 23.8 Å². The highest BCUT2D eigenvalue weighted by atomic mass is 79.9. The number of nitrogens with one attached hydrogen (secondary N) is 2. The van der Waals surface area contributed by atoms with E-state index in [9.17, 15) is 9.59 Å². The second-order valence-electron chi connectivity index (χ2n) is 6.71. The van der Waals surface area contributed by atoms with Crippen LogP contribution in [0.3, 0.4) is 0 Å². The number of hydrogen-bond acceptors (Lipinski definition) is 4. The van der Waals surface area contributed by atoms with Gasteiger partial charge < -0.3 is 15.1 Å². The Morgan fingerprint density at radius 2 is 1.66 bits per heavy atom. The Bertz CT molecular complexity index is 931. The predicted octanol–water partition coefficient (Wildman–Crippen LogP) is 3.62. The zero-order valence-electron chi connectivity index (χ0n) is 15.7. The van der Waals surface area contributed by atoms with E-state index < -0.39 is 0 Å². The molecule has 1 aliphatic heterocycles. The number of benzene rings is 2. The number of piperazine rings is 1. The van der Waals surface area contributed by atoms with Gasteiger partial charge in [-0.1, -0.05) is 27.5 Å². The molecule has 152 valence electrons. The van der Waals surface area contributed by atoms with Gasteiger partial charge in [0.2, 0.25) is 0 Å². The first-order valence-corrected chi connectivity index (χ1v) is 10.6. The average Bonchev–Trinajstić information content (AvgIpc) is 2.70. The number of halogens is 2. The molecular weight excluding hydrogens is 476 g/mol. The summed E-state index contributed by atoms with van der Waals surface area (Å²) in [6, 6.07) is 11.9. The Labute approximate surface area is 188 Å². The number of thiocarbonyl (C=S) groups is 1. The van der Waals surface area contributed by atoms with Gasteiger partial charge in [-0.3, -0.25) is 14.9 Å². The fourth-order valence-electron chi connectivity index (χ4n) is 2.88. The molecule has 0 atom stereocenters. The zero-order chi connectivity index (χ0) is 21.0. The number of likely N-dealkylation sites (N-methyl/N-ethyl adjacent to an activating group) is 1. The van der Waals surface area contributed by atoms with Crippen LogP contribution in [0.1, 0.15) is 20.7 Å². The molecule has 0 bridgehead atoms. The fraction of sp³-hybridized carbons (Fsp3) is 0.250. The van der Waals surface area contributed by atoms with Crippen molar-refractivity contribution in [2.24, 2.45) is 0 Å². The van der Waals surface area contributed by atoms with Crippen molar-refractivity contribution in [2.45, 2.75) is 0 Å². The molecule has 2 N–H and O–H groups in total. The number of carbonyl (C=O) groups is 2. The molecule has 29 heavy (non-hydrogen) atoms. The lowest BCUT2D eigenvalue weighted by molar-refractivity contribution is 0.0664. The van der Waals surface area contributed by atoms with Crippen molar-refractivity contribution in [3.8, 4) is 0 Å². The number of rotatable bonds is 3. The summed E-state index contributed by atoms with van der Waals surface area (Å²) in [5.41, 5.74) is 1.46. The van der Waals surface area contributed by atoms with E-state index in [1.165, 1.54) is 0 Å². The van der Waals surface area contributed by atoms with E-state index in [-0.39, 0.29) is 16.9 Å². The Hall–Kier alpha value is -2.00. The summed E-state index contributed by atoms with van der Waals surface area (Å²) in [5.74, 6) is -0.390. The quantitative estimate of drug-likeness (QED) is 0.637. The van der Waals surface area contributed by atoms with Crippen LogP contribution in [-0.4, -0.2) is 60.0 Å². The van der Waals surface area contributed by atoms with Gasteiger partial charge in [0.1, 0.15) is 0 Å². The molecule has 1 aliphatic rings. The number of carbonyl (C=O) groups excluding carboxylic acids is 2. The molecule has 0 spiro atoms. The van der Waals surface area contributed by atoms with Gasteiger partial charge in [0.05, 0.1) is 10.7 Å². The Morgan fingerprint density at radius 3 is 2.31 bits per heavy atom. The molecule has 0 aromatic heterocycles. The van der Waals surface area contributed by atoms with Gasteiger partial charge in [0, 0.05) is 41.8 Å². The minimum Gasteiger partial charge on any atom is -0.336 e. The van der Waals surface area contributed by atoms with Crippen LogP contribution in [0.4, 0.5) is 5.69 Å². The average molecular weight is 496 g/mol. The van der Waals surface area contributed by atoms with Gasteiger partial charge in [0.15, 0.2) is 5.11 Å². The maximum Gasteiger partial charge on any atom is 0.257 e. The molecular formula is C20H20BrClN4O2S. The highest BCUT2D eigenvalue weighted by molar-refractivity contribution is 9.10. The molecule has 1 heterocycles. The lowest BCUT2D eigenvalue weighted by atomic mass is 10.1. The first-order chi connectivity index (χ1) is 13.8. The number of anilines is 1. The van der Waals surface area contributed by atoms with Crippen LogP contribution in [0.5, 0.6) is 0 Å². The maximum absolute atomic E-state index is 12.8. The minimum absolute atomic E-state index is 0.0531. The van der Waals surface area contributed by atoms with Crippen LogP contribution >= 0.6 is 39.7 Å². The van der Waals surface area contributed by atoms with Crippen molar-refractivity contribution in [3.05, 3.63) is 63.1 Å². The van der Waals surface area contributed by atoms with E-state index in [2.05, 4.69) is 31.5 Å². The molecule has 2 amide bonds. The first kappa shape index (κ1) is 21.7. The Morgan fingerprint density at radius 1 is 1.03 bits per heavy atom. The molecule has 0 unspecified atom stereocenters. The molecule has 3 rings (SSSR count). The maximum atomic E-state index is 12.8. The molecule has 2 aromatic rings. The summed E-state index contributed by atoms with van der Waals surface area (Å²) in [4.78, 5) is 29.1. The van der Waals surface area contributed by atoms with E-state index >= 15 is 0 Å². The number of nitrogens with zero attached hydrogens (tertiary/aromatic N) is 2. The third kappa shape index (κ3) is 5.76. The van der Waals surface area contributed by atoms with Gasteiger partial charge in [-0.15, -0.1) is 0 Å². The topological polar surface area (TPSA) is 64.7 Å². The molecule has 2 aromatic carbocycles. The lowest BCUT2D eigenvalue weighted by Crippen LogP contribution is -2.47. The van der Waals surface area contributed by atoms with Crippen LogP contribution in [0, 0.1) is 0 Å². The summed E-state index contributed by atoms with van der Waals surface area (Å²) in [5, 5.41) is 6.03. The highest BCUT2D eigenvalue weighted by Gasteiger charge is 2.21. The summed E-state index contributed by atoms with van der Waals surface area (Å²) >= 11 is 14.8. The summed E-state index contributed by atoms with van der Waals surface area (Å²) < 4.78 is 0.878. The smallest absolute Gasteiger partial charge is 0.257 e.